The SMILES string of the molecule is NC(=S)[C@@H]1CCCN1. The second-order valence-corrected chi connectivity index (χ2v) is 2.52. The van der Waals surface area contributed by atoms with Crippen LogP contribution in [-0.2, 0) is 0 Å². The van der Waals surface area contributed by atoms with E-state index in [1.165, 1.54) is 6.42 Å². The van der Waals surface area contributed by atoms with Crippen molar-refractivity contribution in [1.82, 2.24) is 5.32 Å². The summed E-state index contributed by atoms with van der Waals surface area (Å²) in [4.78, 5) is 0.613. The van der Waals surface area contributed by atoms with E-state index >= 15 is 0 Å². The van der Waals surface area contributed by atoms with Crippen molar-refractivity contribution in [3.8, 4) is 0 Å². The summed E-state index contributed by atoms with van der Waals surface area (Å²) in [6, 6.07) is 0.324. The minimum Gasteiger partial charge on any atom is -0.392 e. The standard InChI is InChI=1S/C5H10N2S/c6-5(8)4-2-1-3-7-4/h4,7H,1-3H2,(H2,6,8)/t4-/m0/s1. The van der Waals surface area contributed by atoms with Crippen molar-refractivity contribution in [2.75, 3.05) is 6.54 Å². The Labute approximate surface area is 54.4 Å². The summed E-state index contributed by atoms with van der Waals surface area (Å²) in [6.45, 7) is 1.07. The predicted octanol–water partition coefficient (Wildman–Crippen LogP) is 0.0245. The van der Waals surface area contributed by atoms with Crippen LogP contribution in [0.25, 0.3) is 0 Å². The third kappa shape index (κ3) is 1.17. The van der Waals surface area contributed by atoms with Crippen molar-refractivity contribution >= 4 is 17.2 Å². The van der Waals surface area contributed by atoms with Gasteiger partial charge in [0, 0.05) is 0 Å². The molecule has 1 fully saturated rings. The minimum absolute atomic E-state index is 0.324. The zero-order valence-corrected chi connectivity index (χ0v) is 5.50. The Morgan fingerprint density at radius 3 is 2.75 bits per heavy atom. The Morgan fingerprint density at radius 1 is 1.75 bits per heavy atom. The average molecular weight is 130 g/mol. The molecule has 0 saturated carbocycles. The van der Waals surface area contributed by atoms with E-state index in [1.807, 2.05) is 0 Å². The number of thiocarbonyl (C=S) groups is 1. The molecule has 0 radical (unpaired) electrons. The van der Waals surface area contributed by atoms with Crippen molar-refractivity contribution < 1.29 is 0 Å². The lowest BCUT2D eigenvalue weighted by Gasteiger charge is -2.04. The Kier molecular flexibility index (Phi) is 1.81. The summed E-state index contributed by atoms with van der Waals surface area (Å²) in [5, 5.41) is 3.19. The molecule has 46 valence electrons. The van der Waals surface area contributed by atoms with Crippen LogP contribution < -0.4 is 11.1 Å². The van der Waals surface area contributed by atoms with Crippen LogP contribution in [0, 0.1) is 0 Å². The number of hydrogen-bond acceptors (Lipinski definition) is 2. The first-order valence-electron chi connectivity index (χ1n) is 2.83. The van der Waals surface area contributed by atoms with Crippen molar-refractivity contribution in [2.24, 2.45) is 5.73 Å². The molecule has 0 aromatic carbocycles. The van der Waals surface area contributed by atoms with E-state index in [-0.39, 0.29) is 0 Å². The highest BCUT2D eigenvalue weighted by Gasteiger charge is 2.15. The molecule has 0 bridgehead atoms. The number of nitrogens with two attached hydrogens (primary N) is 1. The highest BCUT2D eigenvalue weighted by atomic mass is 32.1. The van der Waals surface area contributed by atoms with E-state index < -0.39 is 0 Å². The summed E-state index contributed by atoms with van der Waals surface area (Å²) in [7, 11) is 0. The van der Waals surface area contributed by atoms with Crippen LogP contribution in [-0.4, -0.2) is 17.6 Å². The van der Waals surface area contributed by atoms with Crippen LogP contribution in [0.2, 0.25) is 0 Å². The van der Waals surface area contributed by atoms with Gasteiger partial charge in [-0.3, -0.25) is 0 Å². The van der Waals surface area contributed by atoms with Gasteiger partial charge in [-0.05, 0) is 19.4 Å². The van der Waals surface area contributed by atoms with Gasteiger partial charge in [0.15, 0.2) is 0 Å². The topological polar surface area (TPSA) is 38.0 Å². The lowest BCUT2D eigenvalue weighted by atomic mass is 10.2. The molecule has 1 aliphatic rings. The average Bonchev–Trinajstić information content (AvgIpc) is 2.12. The number of rotatable bonds is 1. The zero-order chi connectivity index (χ0) is 5.98. The van der Waals surface area contributed by atoms with E-state index in [4.69, 9.17) is 18.0 Å². The molecule has 1 atom stereocenters. The maximum Gasteiger partial charge on any atom is 0.0899 e. The summed E-state index contributed by atoms with van der Waals surface area (Å²) in [5.41, 5.74) is 5.37. The van der Waals surface area contributed by atoms with Crippen LogP contribution in [0.15, 0.2) is 0 Å². The zero-order valence-electron chi connectivity index (χ0n) is 4.68. The van der Waals surface area contributed by atoms with Gasteiger partial charge >= 0.3 is 0 Å². The van der Waals surface area contributed by atoms with E-state index in [9.17, 15) is 0 Å². The molecule has 0 spiro atoms. The second kappa shape index (κ2) is 2.42. The molecule has 1 heterocycles. The molecule has 1 saturated heterocycles. The maximum absolute atomic E-state index is 5.37. The third-order valence-electron chi connectivity index (χ3n) is 1.40. The molecule has 1 aliphatic heterocycles. The quantitative estimate of drug-likeness (QED) is 0.492. The Bertz CT molecular complexity index is 96.6. The fraction of sp³-hybridized carbons (Fsp3) is 0.800. The van der Waals surface area contributed by atoms with E-state index in [0.29, 0.717) is 11.0 Å². The molecule has 1 rings (SSSR count). The van der Waals surface area contributed by atoms with Gasteiger partial charge in [0.2, 0.25) is 0 Å². The van der Waals surface area contributed by atoms with Gasteiger partial charge in [-0.25, -0.2) is 0 Å². The molecular formula is C5H10N2S. The van der Waals surface area contributed by atoms with Gasteiger partial charge in [0.25, 0.3) is 0 Å². The normalized spacial score (nSPS) is 28.2. The molecule has 3 N–H and O–H groups in total. The van der Waals surface area contributed by atoms with E-state index in [2.05, 4.69) is 5.32 Å². The predicted molar refractivity (Wildman–Crippen MR) is 37.8 cm³/mol. The second-order valence-electron chi connectivity index (χ2n) is 2.05. The molecule has 2 nitrogen and oxygen atoms in total. The molecule has 0 aromatic heterocycles. The third-order valence-corrected chi connectivity index (χ3v) is 1.69. The summed E-state index contributed by atoms with van der Waals surface area (Å²) in [6.07, 6.45) is 2.33. The first-order chi connectivity index (χ1) is 3.80. The van der Waals surface area contributed by atoms with Crippen molar-refractivity contribution in [1.29, 1.82) is 0 Å². The molecular weight excluding hydrogens is 120 g/mol. The van der Waals surface area contributed by atoms with Crippen molar-refractivity contribution in [3.05, 3.63) is 0 Å². The fourth-order valence-corrected chi connectivity index (χ4v) is 1.13. The van der Waals surface area contributed by atoms with Gasteiger partial charge < -0.3 is 11.1 Å². The summed E-state index contributed by atoms with van der Waals surface area (Å²) < 4.78 is 0. The highest BCUT2D eigenvalue weighted by molar-refractivity contribution is 7.80. The molecule has 3 heteroatoms. The smallest absolute Gasteiger partial charge is 0.0899 e. The number of hydrogen-bond donors (Lipinski definition) is 2. The summed E-state index contributed by atoms with van der Waals surface area (Å²) >= 11 is 4.77. The Balaban J connectivity index is 2.35. The lowest BCUT2D eigenvalue weighted by Crippen LogP contribution is -2.34. The van der Waals surface area contributed by atoms with Crippen LogP contribution in [0.3, 0.4) is 0 Å². The first kappa shape index (κ1) is 5.98. The first-order valence-corrected chi connectivity index (χ1v) is 3.24. The van der Waals surface area contributed by atoms with Crippen LogP contribution in [0.4, 0.5) is 0 Å². The maximum atomic E-state index is 5.37. The number of nitrogens with one attached hydrogen (secondary N) is 1. The molecule has 8 heavy (non-hydrogen) atoms. The van der Waals surface area contributed by atoms with Crippen LogP contribution >= 0.6 is 12.2 Å². The van der Waals surface area contributed by atoms with Crippen LogP contribution in [0.1, 0.15) is 12.8 Å². The van der Waals surface area contributed by atoms with Gasteiger partial charge in [-0.15, -0.1) is 0 Å². The Morgan fingerprint density at radius 2 is 2.50 bits per heavy atom. The molecule has 0 aromatic rings. The van der Waals surface area contributed by atoms with E-state index in [0.717, 1.165) is 13.0 Å². The highest BCUT2D eigenvalue weighted by Crippen LogP contribution is 2.03. The van der Waals surface area contributed by atoms with Gasteiger partial charge in [-0.1, -0.05) is 12.2 Å². The van der Waals surface area contributed by atoms with Crippen molar-refractivity contribution in [2.45, 2.75) is 18.9 Å². The molecule has 0 unspecified atom stereocenters. The van der Waals surface area contributed by atoms with E-state index in [1.54, 1.807) is 0 Å². The Hall–Kier alpha value is -0.150. The molecule has 0 aliphatic carbocycles. The minimum atomic E-state index is 0.324. The van der Waals surface area contributed by atoms with Gasteiger partial charge in [0.05, 0.1) is 11.0 Å². The van der Waals surface area contributed by atoms with Crippen LogP contribution in [0.5, 0.6) is 0 Å². The molecule has 0 amide bonds. The van der Waals surface area contributed by atoms with Gasteiger partial charge in [-0.2, -0.15) is 0 Å². The monoisotopic (exact) mass is 130 g/mol. The summed E-state index contributed by atoms with van der Waals surface area (Å²) in [5.74, 6) is 0. The fourth-order valence-electron chi connectivity index (χ4n) is 0.927. The lowest BCUT2D eigenvalue weighted by molar-refractivity contribution is 0.765. The largest absolute Gasteiger partial charge is 0.392 e. The van der Waals surface area contributed by atoms with Crippen molar-refractivity contribution in [3.63, 3.8) is 0 Å². The van der Waals surface area contributed by atoms with Gasteiger partial charge in [0.1, 0.15) is 0 Å².